The van der Waals surface area contributed by atoms with Gasteiger partial charge in [0.05, 0.1) is 0 Å². The lowest BCUT2D eigenvalue weighted by Crippen LogP contribution is -2.28. The topological polar surface area (TPSA) is 107 Å². The Kier molecular flexibility index (Phi) is 4.72. The van der Waals surface area contributed by atoms with Crippen molar-refractivity contribution >= 4 is 21.0 Å². The van der Waals surface area contributed by atoms with Crippen LogP contribution in [0.2, 0.25) is 0 Å². The number of benzene rings is 1. The van der Waals surface area contributed by atoms with Gasteiger partial charge in [0.25, 0.3) is 5.56 Å². The second kappa shape index (κ2) is 6.93. The van der Waals surface area contributed by atoms with Gasteiger partial charge in [-0.1, -0.05) is 17.3 Å². The predicted octanol–water partition coefficient (Wildman–Crippen LogP) is 0.894. The molecule has 0 aliphatic rings. The minimum Gasteiger partial charge on any atom is -0.356 e. The third kappa shape index (κ3) is 3.87. The van der Waals surface area contributed by atoms with Gasteiger partial charge < -0.3 is 4.52 Å². The van der Waals surface area contributed by atoms with Gasteiger partial charge in [0.2, 0.25) is 10.0 Å². The number of aromatic nitrogens is 3. The Hall–Kier alpha value is -2.52. The molecule has 2 heterocycles. The van der Waals surface area contributed by atoms with Crippen LogP contribution >= 0.6 is 0 Å². The van der Waals surface area contributed by atoms with Gasteiger partial charge in [-0.05, 0) is 24.6 Å². The molecule has 8 nitrogen and oxygen atoms in total. The summed E-state index contributed by atoms with van der Waals surface area (Å²) in [7, 11) is -3.54. The SMILES string of the molecule is O=c1cccnn1CCCNS(=O)(=O)Cc1noc2ccccc12. The van der Waals surface area contributed by atoms with Crippen molar-refractivity contribution in [2.24, 2.45) is 0 Å². The number of rotatable bonds is 7. The van der Waals surface area contributed by atoms with Crippen molar-refractivity contribution in [3.05, 3.63) is 58.6 Å². The molecule has 0 atom stereocenters. The summed E-state index contributed by atoms with van der Waals surface area (Å²) >= 11 is 0. The quantitative estimate of drug-likeness (QED) is 0.636. The van der Waals surface area contributed by atoms with Crippen molar-refractivity contribution in [1.29, 1.82) is 0 Å². The predicted molar refractivity (Wildman–Crippen MR) is 87.7 cm³/mol. The molecule has 2 aromatic heterocycles. The largest absolute Gasteiger partial charge is 0.356 e. The van der Waals surface area contributed by atoms with E-state index in [0.717, 1.165) is 0 Å². The first kappa shape index (κ1) is 16.3. The van der Waals surface area contributed by atoms with Crippen LogP contribution in [0.1, 0.15) is 12.1 Å². The molecule has 0 fully saturated rings. The normalized spacial score (nSPS) is 11.8. The van der Waals surface area contributed by atoms with E-state index in [-0.39, 0.29) is 17.9 Å². The standard InChI is InChI=1S/C15H16N4O4S/c20-15-7-3-8-16-19(15)10-4-9-17-24(21,22)11-13-12-5-1-2-6-14(12)23-18-13/h1-3,5-8,17H,4,9-11H2. The average molecular weight is 348 g/mol. The van der Waals surface area contributed by atoms with Gasteiger partial charge in [0.15, 0.2) is 5.58 Å². The lowest BCUT2D eigenvalue weighted by Gasteiger charge is -2.06. The molecule has 0 saturated carbocycles. The molecule has 9 heteroatoms. The number of hydrogen-bond donors (Lipinski definition) is 1. The minimum atomic E-state index is -3.54. The second-order valence-electron chi connectivity index (χ2n) is 5.22. The molecule has 1 aromatic carbocycles. The molecule has 3 aromatic rings. The Labute approximate surface area is 138 Å². The maximum absolute atomic E-state index is 12.1. The average Bonchev–Trinajstić information content (AvgIpc) is 2.96. The van der Waals surface area contributed by atoms with E-state index >= 15 is 0 Å². The highest BCUT2D eigenvalue weighted by atomic mass is 32.2. The van der Waals surface area contributed by atoms with Crippen molar-refractivity contribution < 1.29 is 12.9 Å². The lowest BCUT2D eigenvalue weighted by molar-refractivity contribution is 0.448. The second-order valence-corrected chi connectivity index (χ2v) is 7.02. The van der Waals surface area contributed by atoms with E-state index in [9.17, 15) is 13.2 Å². The zero-order valence-electron chi connectivity index (χ0n) is 12.8. The van der Waals surface area contributed by atoms with Gasteiger partial charge in [-0.15, -0.1) is 0 Å². The van der Waals surface area contributed by atoms with Crippen LogP contribution in [-0.4, -0.2) is 29.9 Å². The van der Waals surface area contributed by atoms with E-state index in [0.29, 0.717) is 29.6 Å². The van der Waals surface area contributed by atoms with Crippen LogP contribution in [0, 0.1) is 0 Å². The number of nitrogens with zero attached hydrogens (tertiary/aromatic N) is 3. The molecule has 0 spiro atoms. The Morgan fingerprint density at radius 1 is 1.17 bits per heavy atom. The fraction of sp³-hybridized carbons (Fsp3) is 0.267. The van der Waals surface area contributed by atoms with Gasteiger partial charge in [0.1, 0.15) is 11.4 Å². The molecule has 0 radical (unpaired) electrons. The van der Waals surface area contributed by atoms with E-state index in [1.54, 1.807) is 30.3 Å². The van der Waals surface area contributed by atoms with Gasteiger partial charge in [-0.25, -0.2) is 17.8 Å². The van der Waals surface area contributed by atoms with Crippen LogP contribution in [-0.2, 0) is 22.3 Å². The number of aryl methyl sites for hydroxylation is 1. The number of sulfonamides is 1. The highest BCUT2D eigenvalue weighted by molar-refractivity contribution is 7.88. The van der Waals surface area contributed by atoms with E-state index in [1.165, 1.54) is 16.9 Å². The molecular formula is C15H16N4O4S. The molecule has 0 saturated heterocycles. The van der Waals surface area contributed by atoms with E-state index in [4.69, 9.17) is 4.52 Å². The van der Waals surface area contributed by atoms with Gasteiger partial charge >= 0.3 is 0 Å². The Morgan fingerprint density at radius 3 is 2.83 bits per heavy atom. The summed E-state index contributed by atoms with van der Waals surface area (Å²) in [5, 5.41) is 8.41. The van der Waals surface area contributed by atoms with E-state index in [2.05, 4.69) is 15.0 Å². The summed E-state index contributed by atoms with van der Waals surface area (Å²) in [5.74, 6) is -0.256. The summed E-state index contributed by atoms with van der Waals surface area (Å²) in [6.07, 6.45) is 1.97. The van der Waals surface area contributed by atoms with Gasteiger partial charge in [0, 0.05) is 30.7 Å². The van der Waals surface area contributed by atoms with Crippen LogP contribution in [0.15, 0.2) is 51.9 Å². The lowest BCUT2D eigenvalue weighted by atomic mass is 10.2. The third-order valence-corrected chi connectivity index (χ3v) is 4.73. The van der Waals surface area contributed by atoms with E-state index < -0.39 is 10.0 Å². The van der Waals surface area contributed by atoms with Crippen molar-refractivity contribution in [1.82, 2.24) is 19.7 Å². The van der Waals surface area contributed by atoms with Crippen LogP contribution in [0.4, 0.5) is 0 Å². The first-order chi connectivity index (χ1) is 11.6. The fourth-order valence-corrected chi connectivity index (χ4v) is 3.41. The molecule has 0 bridgehead atoms. The van der Waals surface area contributed by atoms with Crippen molar-refractivity contribution in [2.45, 2.75) is 18.7 Å². The number of nitrogens with one attached hydrogen (secondary N) is 1. The maximum Gasteiger partial charge on any atom is 0.266 e. The van der Waals surface area contributed by atoms with Crippen molar-refractivity contribution in [3.63, 3.8) is 0 Å². The summed E-state index contributed by atoms with van der Waals surface area (Å²) in [4.78, 5) is 11.5. The minimum absolute atomic E-state index is 0.209. The molecule has 1 N–H and O–H groups in total. The Morgan fingerprint density at radius 2 is 2.00 bits per heavy atom. The van der Waals surface area contributed by atoms with Gasteiger partial charge in [-0.3, -0.25) is 4.79 Å². The highest BCUT2D eigenvalue weighted by Gasteiger charge is 2.16. The first-order valence-electron chi connectivity index (χ1n) is 7.38. The molecule has 0 aliphatic carbocycles. The van der Waals surface area contributed by atoms with Crippen LogP contribution in [0.3, 0.4) is 0 Å². The maximum atomic E-state index is 12.1. The summed E-state index contributed by atoms with van der Waals surface area (Å²) in [6.45, 7) is 0.552. The Bertz CT molecular complexity index is 994. The number of hydrogen-bond acceptors (Lipinski definition) is 6. The van der Waals surface area contributed by atoms with Crippen molar-refractivity contribution in [2.75, 3.05) is 6.54 Å². The zero-order chi connectivity index (χ0) is 17.0. The molecule has 0 aliphatic heterocycles. The third-order valence-electron chi connectivity index (χ3n) is 3.43. The van der Waals surface area contributed by atoms with Crippen LogP contribution in [0.25, 0.3) is 11.0 Å². The monoisotopic (exact) mass is 348 g/mol. The molecule has 0 unspecified atom stereocenters. The molecule has 3 rings (SSSR count). The molecular weight excluding hydrogens is 332 g/mol. The summed E-state index contributed by atoms with van der Waals surface area (Å²) in [6, 6.07) is 10.1. The van der Waals surface area contributed by atoms with Crippen LogP contribution < -0.4 is 10.3 Å². The summed E-state index contributed by atoms with van der Waals surface area (Å²) in [5.41, 5.74) is 0.714. The fourth-order valence-electron chi connectivity index (χ4n) is 2.28. The van der Waals surface area contributed by atoms with Gasteiger partial charge in [-0.2, -0.15) is 5.10 Å². The summed E-state index contributed by atoms with van der Waals surface area (Å²) < 4.78 is 33.2. The zero-order valence-corrected chi connectivity index (χ0v) is 13.6. The Balaban J connectivity index is 1.56. The van der Waals surface area contributed by atoms with Crippen molar-refractivity contribution in [3.8, 4) is 0 Å². The molecule has 126 valence electrons. The first-order valence-corrected chi connectivity index (χ1v) is 9.03. The van der Waals surface area contributed by atoms with Crippen LogP contribution in [0.5, 0.6) is 0 Å². The number of para-hydroxylation sites is 1. The molecule has 24 heavy (non-hydrogen) atoms. The number of fused-ring (bicyclic) bond motifs is 1. The smallest absolute Gasteiger partial charge is 0.266 e. The molecule has 0 amide bonds. The highest BCUT2D eigenvalue weighted by Crippen LogP contribution is 2.19. The van der Waals surface area contributed by atoms with E-state index in [1.807, 2.05) is 0 Å².